The van der Waals surface area contributed by atoms with E-state index in [2.05, 4.69) is 10.6 Å². The topological polar surface area (TPSA) is 242 Å². The van der Waals surface area contributed by atoms with Crippen LogP contribution in [0.2, 0.25) is 0 Å². The summed E-state index contributed by atoms with van der Waals surface area (Å²) in [7, 11) is 0. The van der Waals surface area contributed by atoms with Crippen LogP contribution in [-0.2, 0) is 19.2 Å². The van der Waals surface area contributed by atoms with E-state index >= 15 is 0 Å². The van der Waals surface area contributed by atoms with Crippen LogP contribution in [0, 0.1) is 0 Å². The first-order chi connectivity index (χ1) is 20.3. The summed E-state index contributed by atoms with van der Waals surface area (Å²) in [5.74, 6) is -4.47. The van der Waals surface area contributed by atoms with Gasteiger partial charge in [-0.05, 0) is 35.4 Å². The highest BCUT2D eigenvalue weighted by Gasteiger charge is 2.60. The number of nitrogens with one attached hydrogen (secondary N) is 2. The number of β-lactam (4-membered cyclic amide) rings is 1. The molecule has 1 saturated heterocycles. The van der Waals surface area contributed by atoms with Gasteiger partial charge in [-0.15, -0.1) is 0 Å². The fraction of sp³-hybridized carbons (Fsp3) is 0.286. The summed E-state index contributed by atoms with van der Waals surface area (Å²) < 4.78 is 0. The van der Waals surface area contributed by atoms with E-state index in [0.717, 1.165) is 16.7 Å². The van der Waals surface area contributed by atoms with Crippen molar-refractivity contribution in [3.05, 3.63) is 81.4 Å². The normalized spacial score (nSPS) is 18.7. The average molecular weight is 612 g/mol. The number of carboxylic acid groups (broad SMARTS) is 1. The molecule has 1 unspecified atom stereocenters. The molecule has 0 bridgehead atoms. The Hall–Kier alpha value is -4.73. The number of benzene rings is 2. The standard InChI is InChI=1S/C28H29N5O9S/c29-21(36)12-31-25(39)16-5-1-3-14(7-16)18(34)9-20-24(27(41)42)33-23(38)11-28(33,43-20)10-19(35)15-4-2-6-17(8-15)26(40)32-13-22(30)37/h1-8,18-19,34-35H,9-13H2,(H2,29,36)(H2,30,37)(H,31,39)(H,32,40)(H,41,42)/t18-,19-,28?/m0/s1. The summed E-state index contributed by atoms with van der Waals surface area (Å²) in [6.07, 6.45) is -2.81. The number of carbonyl (C=O) groups excluding carboxylic acids is 5. The summed E-state index contributed by atoms with van der Waals surface area (Å²) in [4.78, 5) is 71.7. The number of nitrogens with two attached hydrogens (primary N) is 2. The summed E-state index contributed by atoms with van der Waals surface area (Å²) in [6.45, 7) is -0.741. The van der Waals surface area contributed by atoms with Gasteiger partial charge < -0.3 is 37.4 Å². The lowest BCUT2D eigenvalue weighted by molar-refractivity contribution is -0.152. The van der Waals surface area contributed by atoms with Crippen molar-refractivity contribution in [2.45, 2.75) is 36.3 Å². The fourth-order valence-electron chi connectivity index (χ4n) is 4.93. The lowest BCUT2D eigenvalue weighted by atomic mass is 9.90. The minimum atomic E-state index is -1.38. The van der Waals surface area contributed by atoms with E-state index in [-0.39, 0.29) is 54.1 Å². The molecule has 0 saturated carbocycles. The number of carboxylic acids is 1. The minimum Gasteiger partial charge on any atom is -0.477 e. The van der Waals surface area contributed by atoms with Gasteiger partial charge in [0.25, 0.3) is 11.8 Å². The third-order valence-electron chi connectivity index (χ3n) is 6.89. The molecule has 1 fully saturated rings. The van der Waals surface area contributed by atoms with Crippen molar-refractivity contribution in [3.8, 4) is 0 Å². The van der Waals surface area contributed by atoms with E-state index in [9.17, 15) is 44.1 Å². The lowest BCUT2D eigenvalue weighted by Gasteiger charge is -2.47. The first kappa shape index (κ1) is 31.2. The average Bonchev–Trinajstić information content (AvgIpc) is 3.21. The Morgan fingerprint density at radius 3 is 1.86 bits per heavy atom. The molecule has 3 atom stereocenters. The number of aliphatic carboxylic acids is 1. The molecule has 4 rings (SSSR count). The monoisotopic (exact) mass is 611 g/mol. The highest BCUT2D eigenvalue weighted by atomic mass is 32.2. The summed E-state index contributed by atoms with van der Waals surface area (Å²) in [6, 6.07) is 11.9. The summed E-state index contributed by atoms with van der Waals surface area (Å²) in [5, 5.41) is 36.8. The highest BCUT2D eigenvalue weighted by Crippen LogP contribution is 2.59. The zero-order valence-corrected chi connectivity index (χ0v) is 23.4. The molecule has 14 nitrogen and oxygen atoms in total. The van der Waals surface area contributed by atoms with Gasteiger partial charge in [-0.2, -0.15) is 0 Å². The van der Waals surface area contributed by atoms with Gasteiger partial charge in [-0.1, -0.05) is 36.0 Å². The van der Waals surface area contributed by atoms with Gasteiger partial charge in [0.1, 0.15) is 10.6 Å². The molecule has 0 aliphatic carbocycles. The number of hydrogen-bond donors (Lipinski definition) is 7. The molecule has 15 heteroatoms. The second kappa shape index (κ2) is 12.6. The van der Waals surface area contributed by atoms with Crippen LogP contribution in [0.1, 0.15) is 63.3 Å². The summed E-state index contributed by atoms with van der Waals surface area (Å²) in [5.41, 5.74) is 10.7. The summed E-state index contributed by atoms with van der Waals surface area (Å²) >= 11 is 1.06. The van der Waals surface area contributed by atoms with Crippen LogP contribution in [0.25, 0.3) is 0 Å². The van der Waals surface area contributed by atoms with Gasteiger partial charge in [0.05, 0.1) is 31.7 Å². The van der Waals surface area contributed by atoms with Crippen LogP contribution >= 0.6 is 11.8 Å². The van der Waals surface area contributed by atoms with Crippen molar-refractivity contribution in [1.82, 2.24) is 15.5 Å². The minimum absolute atomic E-state index is 0.0700. The van der Waals surface area contributed by atoms with Crippen molar-refractivity contribution in [3.63, 3.8) is 0 Å². The van der Waals surface area contributed by atoms with Gasteiger partial charge in [0.2, 0.25) is 17.7 Å². The van der Waals surface area contributed by atoms with Crippen LogP contribution in [-0.4, -0.2) is 73.7 Å². The molecule has 2 aromatic carbocycles. The predicted molar refractivity (Wildman–Crippen MR) is 152 cm³/mol. The molecule has 2 heterocycles. The number of thioether (sulfide) groups is 1. The van der Waals surface area contributed by atoms with Gasteiger partial charge in [-0.3, -0.25) is 28.9 Å². The first-order valence-corrected chi connectivity index (χ1v) is 13.8. The Balaban J connectivity index is 1.52. The number of aliphatic hydroxyl groups is 2. The Labute approximate surface area is 249 Å². The van der Waals surface area contributed by atoms with E-state index in [0.29, 0.717) is 11.1 Å². The largest absolute Gasteiger partial charge is 0.477 e. The van der Waals surface area contributed by atoms with Crippen molar-refractivity contribution >= 4 is 47.3 Å². The zero-order valence-electron chi connectivity index (χ0n) is 22.6. The van der Waals surface area contributed by atoms with E-state index < -0.39 is 52.6 Å². The molecule has 9 N–H and O–H groups in total. The lowest BCUT2D eigenvalue weighted by Crippen LogP contribution is -2.59. The van der Waals surface area contributed by atoms with Crippen LogP contribution in [0.4, 0.5) is 0 Å². The molecule has 43 heavy (non-hydrogen) atoms. The maximum Gasteiger partial charge on any atom is 0.353 e. The Morgan fingerprint density at radius 2 is 1.40 bits per heavy atom. The SMILES string of the molecule is NC(=O)CNC(=O)c1cccc([C@@H](O)CC2=C(C(=O)O)N3C(=O)CC3(C[C@H](O)c3cccc(C(=O)NCC(N)=O)c3)S2)c1. The van der Waals surface area contributed by atoms with Gasteiger partial charge in [0, 0.05) is 28.9 Å². The number of carbonyl (C=O) groups is 6. The second-order valence-corrected chi connectivity index (χ2v) is 11.5. The zero-order chi connectivity index (χ0) is 31.5. The Morgan fingerprint density at radius 1 is 0.884 bits per heavy atom. The maximum absolute atomic E-state index is 12.7. The molecule has 0 radical (unpaired) electrons. The number of fused-ring (bicyclic) bond motifs is 1. The Kier molecular flexibility index (Phi) is 9.18. The molecule has 226 valence electrons. The quantitative estimate of drug-likeness (QED) is 0.145. The molecular formula is C28H29N5O9S. The maximum atomic E-state index is 12.7. The van der Waals surface area contributed by atoms with Gasteiger partial charge in [0.15, 0.2) is 0 Å². The third kappa shape index (κ3) is 6.85. The van der Waals surface area contributed by atoms with E-state index in [1.54, 1.807) is 12.1 Å². The molecule has 2 aliphatic rings. The van der Waals surface area contributed by atoms with Gasteiger partial charge in [-0.25, -0.2) is 4.79 Å². The van der Waals surface area contributed by atoms with Crippen molar-refractivity contribution in [1.29, 1.82) is 0 Å². The number of primary amides is 2. The molecule has 2 aliphatic heterocycles. The molecular weight excluding hydrogens is 582 g/mol. The molecule has 5 amide bonds. The fourth-order valence-corrected chi connectivity index (χ4v) is 6.62. The van der Waals surface area contributed by atoms with E-state index in [1.165, 1.54) is 36.4 Å². The number of amides is 5. The molecule has 0 aromatic heterocycles. The van der Waals surface area contributed by atoms with Crippen molar-refractivity contribution < 1.29 is 44.1 Å². The third-order valence-corrected chi connectivity index (χ3v) is 8.37. The predicted octanol–water partition coefficient (Wildman–Crippen LogP) is -0.364. The van der Waals surface area contributed by atoms with Crippen molar-refractivity contribution in [2.24, 2.45) is 11.5 Å². The van der Waals surface area contributed by atoms with Crippen molar-refractivity contribution in [2.75, 3.05) is 13.1 Å². The smallest absolute Gasteiger partial charge is 0.353 e. The van der Waals surface area contributed by atoms with Crippen LogP contribution < -0.4 is 22.1 Å². The highest BCUT2D eigenvalue weighted by molar-refractivity contribution is 8.04. The first-order valence-electron chi connectivity index (χ1n) is 13.0. The van der Waals surface area contributed by atoms with Crippen LogP contribution in [0.15, 0.2) is 59.1 Å². The van der Waals surface area contributed by atoms with Crippen LogP contribution in [0.5, 0.6) is 0 Å². The van der Waals surface area contributed by atoms with E-state index in [1.807, 2.05) is 0 Å². The van der Waals surface area contributed by atoms with Crippen LogP contribution in [0.3, 0.4) is 0 Å². The number of hydrogen-bond acceptors (Lipinski definition) is 9. The number of aliphatic hydroxyl groups excluding tert-OH is 2. The number of rotatable bonds is 13. The second-order valence-electron chi connectivity index (χ2n) is 10.0. The van der Waals surface area contributed by atoms with Gasteiger partial charge >= 0.3 is 5.97 Å². The Bertz CT molecular complexity index is 1540. The molecule has 2 aromatic rings. The number of nitrogens with zero attached hydrogens (tertiary/aromatic N) is 1. The molecule has 0 spiro atoms. The van der Waals surface area contributed by atoms with E-state index in [4.69, 9.17) is 11.5 Å².